The van der Waals surface area contributed by atoms with Gasteiger partial charge < -0.3 is 9.47 Å². The predicted molar refractivity (Wildman–Crippen MR) is 67.4 cm³/mol. The van der Waals surface area contributed by atoms with Crippen molar-refractivity contribution in [2.45, 2.75) is 39.7 Å². The minimum atomic E-state index is -3.87. The Morgan fingerprint density at radius 1 is 1.28 bits per heavy atom. The molecule has 0 unspecified atom stereocenters. The lowest BCUT2D eigenvalue weighted by Crippen LogP contribution is -2.43. The molecule has 0 aromatic heterocycles. The first-order chi connectivity index (χ1) is 8.16. The second-order valence-corrected chi connectivity index (χ2v) is 6.05. The molecule has 0 atom stereocenters. The summed E-state index contributed by atoms with van der Waals surface area (Å²) in [5.41, 5.74) is -0.741. The maximum absolute atomic E-state index is 11.4. The molecule has 0 aliphatic carbocycles. The fourth-order valence-corrected chi connectivity index (χ4v) is 1.72. The van der Waals surface area contributed by atoms with Gasteiger partial charge in [-0.1, -0.05) is 0 Å². The number of carbonyl (C=O) groups is 1. The number of hydrogen-bond donors (Lipinski definition) is 2. The highest BCUT2D eigenvalue weighted by molar-refractivity contribution is 7.88. The maximum atomic E-state index is 11.4. The van der Waals surface area contributed by atoms with Crippen molar-refractivity contribution in [1.82, 2.24) is 9.44 Å². The summed E-state index contributed by atoms with van der Waals surface area (Å²) in [6.45, 7) is 8.04. The highest BCUT2D eigenvalue weighted by Gasteiger charge is 2.20. The quantitative estimate of drug-likeness (QED) is 0.673. The molecule has 108 valence electrons. The zero-order valence-corrected chi connectivity index (χ0v) is 12.1. The molecule has 0 saturated carbocycles. The highest BCUT2D eigenvalue weighted by Crippen LogP contribution is 2.06. The van der Waals surface area contributed by atoms with Crippen LogP contribution in [0.25, 0.3) is 0 Å². The molecule has 18 heavy (non-hydrogen) atoms. The average molecular weight is 282 g/mol. The van der Waals surface area contributed by atoms with Crippen LogP contribution >= 0.6 is 0 Å². The van der Waals surface area contributed by atoms with E-state index in [-0.39, 0.29) is 6.54 Å². The Morgan fingerprint density at radius 2 is 1.89 bits per heavy atom. The van der Waals surface area contributed by atoms with Crippen molar-refractivity contribution in [1.29, 1.82) is 0 Å². The molecule has 0 aromatic rings. The zero-order valence-electron chi connectivity index (χ0n) is 11.3. The highest BCUT2D eigenvalue weighted by atomic mass is 32.2. The molecule has 0 spiro atoms. The summed E-state index contributed by atoms with van der Waals surface area (Å²) < 4.78 is 36.6. The summed E-state index contributed by atoms with van der Waals surface area (Å²) >= 11 is 0. The lowest BCUT2D eigenvalue weighted by molar-refractivity contribution is 0.0569. The molecule has 7 nitrogen and oxygen atoms in total. The Labute approximate surface area is 108 Å². The first kappa shape index (κ1) is 17.1. The molecule has 0 fully saturated rings. The van der Waals surface area contributed by atoms with Gasteiger partial charge in [-0.05, 0) is 34.1 Å². The zero-order chi connectivity index (χ0) is 14.2. The van der Waals surface area contributed by atoms with Gasteiger partial charge in [0, 0.05) is 19.8 Å². The standard InChI is InChI=1S/C10H22N2O5S/c1-5-16-8-6-7-11-18(14,15)12-9(13)17-10(2,3)4/h11H,5-8H2,1-4H3,(H,12,13). The van der Waals surface area contributed by atoms with E-state index in [1.807, 2.05) is 6.92 Å². The van der Waals surface area contributed by atoms with Crippen molar-refractivity contribution in [3.05, 3.63) is 0 Å². The molecule has 0 rings (SSSR count). The summed E-state index contributed by atoms with van der Waals surface area (Å²) in [6.07, 6.45) is -0.469. The Balaban J connectivity index is 3.97. The predicted octanol–water partition coefficient (Wildman–Crippen LogP) is 0.772. The fraction of sp³-hybridized carbons (Fsp3) is 0.900. The fourth-order valence-electron chi connectivity index (χ4n) is 0.970. The molecule has 0 aromatic carbocycles. The summed E-state index contributed by atoms with van der Waals surface area (Å²) in [5, 5.41) is 0. The number of nitrogens with one attached hydrogen (secondary N) is 2. The molecular weight excluding hydrogens is 260 g/mol. The Kier molecular flexibility index (Phi) is 7.19. The summed E-state index contributed by atoms with van der Waals surface area (Å²) in [7, 11) is -3.87. The molecule has 0 saturated heterocycles. The van der Waals surface area contributed by atoms with Crippen LogP contribution in [0.3, 0.4) is 0 Å². The van der Waals surface area contributed by atoms with Gasteiger partial charge in [-0.2, -0.15) is 13.1 Å². The van der Waals surface area contributed by atoms with Crippen LogP contribution in [-0.4, -0.2) is 39.9 Å². The van der Waals surface area contributed by atoms with Crippen LogP contribution in [0.4, 0.5) is 4.79 Å². The van der Waals surface area contributed by atoms with Gasteiger partial charge in [0.15, 0.2) is 0 Å². The normalized spacial score (nSPS) is 12.2. The van der Waals surface area contributed by atoms with Gasteiger partial charge in [-0.3, -0.25) is 0 Å². The third-order valence-electron chi connectivity index (χ3n) is 1.58. The van der Waals surface area contributed by atoms with Crippen LogP contribution in [0, 0.1) is 0 Å². The number of hydrogen-bond acceptors (Lipinski definition) is 5. The second-order valence-electron chi connectivity index (χ2n) is 4.55. The number of rotatable bonds is 7. The molecule has 0 aliphatic heterocycles. The van der Waals surface area contributed by atoms with E-state index >= 15 is 0 Å². The summed E-state index contributed by atoms with van der Waals surface area (Å²) in [6, 6.07) is 0. The molecule has 1 amide bonds. The minimum Gasteiger partial charge on any atom is -0.443 e. The average Bonchev–Trinajstić information content (AvgIpc) is 2.12. The van der Waals surface area contributed by atoms with Gasteiger partial charge in [-0.15, -0.1) is 0 Å². The molecule has 0 aliphatic rings. The largest absolute Gasteiger partial charge is 0.443 e. The third-order valence-corrected chi connectivity index (χ3v) is 2.60. The van der Waals surface area contributed by atoms with Crippen molar-refractivity contribution in [2.75, 3.05) is 19.8 Å². The van der Waals surface area contributed by atoms with E-state index in [2.05, 4.69) is 4.72 Å². The monoisotopic (exact) mass is 282 g/mol. The van der Waals surface area contributed by atoms with Crippen molar-refractivity contribution < 1.29 is 22.7 Å². The van der Waals surface area contributed by atoms with Crippen LogP contribution in [0.2, 0.25) is 0 Å². The molecule has 0 radical (unpaired) electrons. The van der Waals surface area contributed by atoms with E-state index in [9.17, 15) is 13.2 Å². The van der Waals surface area contributed by atoms with E-state index in [4.69, 9.17) is 9.47 Å². The Hall–Kier alpha value is -0.860. The van der Waals surface area contributed by atoms with Crippen molar-refractivity contribution in [3.8, 4) is 0 Å². The molecule has 0 heterocycles. The number of amides is 1. The van der Waals surface area contributed by atoms with E-state index in [1.54, 1.807) is 25.5 Å². The van der Waals surface area contributed by atoms with E-state index in [0.717, 1.165) is 0 Å². The molecule has 8 heteroatoms. The van der Waals surface area contributed by atoms with Gasteiger partial charge in [0.2, 0.25) is 0 Å². The van der Waals surface area contributed by atoms with Crippen molar-refractivity contribution in [2.24, 2.45) is 0 Å². The molecule has 2 N–H and O–H groups in total. The third kappa shape index (κ3) is 10.3. The first-order valence-electron chi connectivity index (χ1n) is 5.74. The number of ether oxygens (including phenoxy) is 2. The van der Waals surface area contributed by atoms with E-state index in [1.165, 1.54) is 0 Å². The molecule has 0 bridgehead atoms. The Bertz CT molecular complexity index is 348. The van der Waals surface area contributed by atoms with Gasteiger partial charge in [-0.25, -0.2) is 9.52 Å². The summed E-state index contributed by atoms with van der Waals surface area (Å²) in [4.78, 5) is 11.2. The van der Waals surface area contributed by atoms with Crippen LogP contribution < -0.4 is 9.44 Å². The maximum Gasteiger partial charge on any atom is 0.422 e. The van der Waals surface area contributed by atoms with Gasteiger partial charge in [0.1, 0.15) is 5.60 Å². The van der Waals surface area contributed by atoms with Crippen LogP contribution in [-0.2, 0) is 19.7 Å². The van der Waals surface area contributed by atoms with Crippen LogP contribution in [0.1, 0.15) is 34.1 Å². The lowest BCUT2D eigenvalue weighted by atomic mass is 10.2. The van der Waals surface area contributed by atoms with Crippen LogP contribution in [0.15, 0.2) is 0 Å². The van der Waals surface area contributed by atoms with E-state index < -0.39 is 21.9 Å². The SMILES string of the molecule is CCOCCCNS(=O)(=O)NC(=O)OC(C)(C)C. The van der Waals surface area contributed by atoms with Gasteiger partial charge in [0.25, 0.3) is 0 Å². The number of carbonyl (C=O) groups excluding carboxylic acids is 1. The van der Waals surface area contributed by atoms with E-state index in [0.29, 0.717) is 19.6 Å². The second kappa shape index (κ2) is 7.55. The molecular formula is C10H22N2O5S. The minimum absolute atomic E-state index is 0.193. The van der Waals surface area contributed by atoms with Gasteiger partial charge in [0.05, 0.1) is 0 Å². The van der Waals surface area contributed by atoms with Gasteiger partial charge >= 0.3 is 16.3 Å². The summed E-state index contributed by atoms with van der Waals surface area (Å²) in [5.74, 6) is 0. The smallest absolute Gasteiger partial charge is 0.422 e. The lowest BCUT2D eigenvalue weighted by Gasteiger charge is -2.19. The van der Waals surface area contributed by atoms with Crippen LogP contribution in [0.5, 0.6) is 0 Å². The topological polar surface area (TPSA) is 93.7 Å². The Morgan fingerprint density at radius 3 is 2.39 bits per heavy atom. The van der Waals surface area contributed by atoms with Crippen molar-refractivity contribution >= 4 is 16.3 Å². The first-order valence-corrected chi connectivity index (χ1v) is 7.23. The van der Waals surface area contributed by atoms with Crippen molar-refractivity contribution in [3.63, 3.8) is 0 Å².